The van der Waals surface area contributed by atoms with Crippen LogP contribution in [0.2, 0.25) is 5.02 Å². The topological polar surface area (TPSA) is 83.0 Å². The zero-order valence-electron chi connectivity index (χ0n) is 16.9. The van der Waals surface area contributed by atoms with E-state index in [0.717, 1.165) is 6.42 Å². The van der Waals surface area contributed by atoms with Crippen molar-refractivity contribution in [3.63, 3.8) is 0 Å². The Bertz CT molecular complexity index is 686. The summed E-state index contributed by atoms with van der Waals surface area (Å²) >= 11 is 6.16. The Kier molecular flexibility index (Phi) is 12.0. The number of para-hydroxylation sites is 1. The van der Waals surface area contributed by atoms with Crippen LogP contribution in [0.4, 0.5) is 0 Å². The van der Waals surface area contributed by atoms with E-state index in [1.54, 1.807) is 6.07 Å². The van der Waals surface area contributed by atoms with Crippen molar-refractivity contribution in [1.82, 2.24) is 15.5 Å². The molecule has 1 aromatic carbocycles. The summed E-state index contributed by atoms with van der Waals surface area (Å²) in [6.07, 6.45) is 2.20. The lowest BCUT2D eigenvalue weighted by molar-refractivity contribution is -0.147. The molecule has 0 aromatic heterocycles. The normalized spacial score (nSPS) is 15.6. The summed E-state index contributed by atoms with van der Waals surface area (Å²) in [5.41, 5.74) is 0. The maximum Gasteiger partial charge on any atom is 0.229 e. The lowest BCUT2D eigenvalue weighted by Gasteiger charge is -2.25. The van der Waals surface area contributed by atoms with Crippen LogP contribution in [0.15, 0.2) is 29.3 Å². The summed E-state index contributed by atoms with van der Waals surface area (Å²) in [4.78, 5) is 29.6. The van der Waals surface area contributed by atoms with Crippen molar-refractivity contribution in [2.75, 3.05) is 26.2 Å². The highest BCUT2D eigenvalue weighted by Gasteiger charge is 2.25. The molecule has 2 amide bonds. The Morgan fingerprint density at radius 3 is 2.52 bits per heavy atom. The standard InChI is InChI=1S/C20H29ClN4O3.HI/c1-3-15(28-17-9-6-5-8-16(17)21)14-24-20(22-4-2)23-12-13-25-18(26)10-7-11-19(25)27;/h5-6,8-9,15H,3-4,7,10-14H2,1-2H3,(H2,22,23,24);1H. The summed E-state index contributed by atoms with van der Waals surface area (Å²) in [6, 6.07) is 7.37. The van der Waals surface area contributed by atoms with Crippen LogP contribution < -0.4 is 15.4 Å². The highest BCUT2D eigenvalue weighted by Crippen LogP contribution is 2.24. The van der Waals surface area contributed by atoms with E-state index in [2.05, 4.69) is 15.6 Å². The van der Waals surface area contributed by atoms with Gasteiger partial charge in [0.05, 0.1) is 11.6 Å². The van der Waals surface area contributed by atoms with Gasteiger partial charge >= 0.3 is 0 Å². The van der Waals surface area contributed by atoms with Gasteiger partial charge in [-0.1, -0.05) is 30.7 Å². The van der Waals surface area contributed by atoms with Crippen LogP contribution in [0.3, 0.4) is 0 Å². The van der Waals surface area contributed by atoms with E-state index in [9.17, 15) is 9.59 Å². The predicted molar refractivity (Wildman–Crippen MR) is 126 cm³/mol. The molecular formula is C20H30ClIN4O3. The van der Waals surface area contributed by atoms with Gasteiger partial charge in [-0.2, -0.15) is 0 Å². The number of aliphatic imine (C=N–C) groups is 1. The highest BCUT2D eigenvalue weighted by molar-refractivity contribution is 14.0. The molecule has 0 aliphatic carbocycles. The van der Waals surface area contributed by atoms with E-state index in [4.69, 9.17) is 16.3 Å². The molecule has 9 heteroatoms. The number of imide groups is 1. The van der Waals surface area contributed by atoms with Gasteiger partial charge < -0.3 is 15.4 Å². The van der Waals surface area contributed by atoms with Crippen LogP contribution in [0.1, 0.15) is 39.5 Å². The Labute approximate surface area is 194 Å². The van der Waals surface area contributed by atoms with Gasteiger partial charge in [-0.15, -0.1) is 24.0 Å². The number of carbonyl (C=O) groups excluding carboxylic acids is 2. The van der Waals surface area contributed by atoms with Crippen LogP contribution in [0.5, 0.6) is 5.75 Å². The molecule has 0 saturated carbocycles. The zero-order chi connectivity index (χ0) is 20.4. The molecule has 162 valence electrons. The average molecular weight is 537 g/mol. The fraction of sp³-hybridized carbons (Fsp3) is 0.550. The van der Waals surface area contributed by atoms with E-state index in [1.165, 1.54) is 4.90 Å². The minimum absolute atomic E-state index is 0. The van der Waals surface area contributed by atoms with Gasteiger partial charge in [0.25, 0.3) is 0 Å². The number of rotatable bonds is 9. The second-order valence-electron chi connectivity index (χ2n) is 6.52. The van der Waals surface area contributed by atoms with Crippen molar-refractivity contribution in [2.24, 2.45) is 4.99 Å². The number of halogens is 2. The number of hydrogen-bond acceptors (Lipinski definition) is 4. The number of carbonyl (C=O) groups is 2. The molecule has 1 aliphatic rings. The molecule has 1 unspecified atom stereocenters. The molecule has 1 aliphatic heterocycles. The summed E-state index contributed by atoms with van der Waals surface area (Å²) < 4.78 is 5.96. The lowest BCUT2D eigenvalue weighted by Crippen LogP contribution is -2.46. The van der Waals surface area contributed by atoms with Crippen LogP contribution in [0.25, 0.3) is 0 Å². The Morgan fingerprint density at radius 1 is 1.21 bits per heavy atom. The molecule has 0 bridgehead atoms. The number of guanidine groups is 1. The number of nitrogens with one attached hydrogen (secondary N) is 2. The maximum atomic E-state index is 11.9. The molecule has 0 spiro atoms. The second kappa shape index (κ2) is 13.6. The number of likely N-dealkylation sites (tertiary alicyclic amines) is 1. The van der Waals surface area contributed by atoms with Crippen molar-refractivity contribution in [3.8, 4) is 5.75 Å². The van der Waals surface area contributed by atoms with Crippen molar-refractivity contribution in [1.29, 1.82) is 0 Å². The first kappa shape index (κ1) is 25.5. The van der Waals surface area contributed by atoms with Gasteiger partial charge in [-0.3, -0.25) is 14.5 Å². The van der Waals surface area contributed by atoms with Gasteiger partial charge in [-0.25, -0.2) is 4.99 Å². The zero-order valence-corrected chi connectivity index (χ0v) is 20.0. The van der Waals surface area contributed by atoms with Gasteiger partial charge in [0.15, 0.2) is 5.96 Å². The molecule has 7 nitrogen and oxygen atoms in total. The molecule has 1 heterocycles. The third-order valence-electron chi connectivity index (χ3n) is 4.39. The number of piperidine rings is 1. The smallest absolute Gasteiger partial charge is 0.229 e. The summed E-state index contributed by atoms with van der Waals surface area (Å²) in [5.74, 6) is 1.07. The summed E-state index contributed by atoms with van der Waals surface area (Å²) in [6.45, 7) is 5.96. The Hall–Kier alpha value is -1.55. The van der Waals surface area contributed by atoms with Crippen LogP contribution in [0, 0.1) is 0 Å². The van der Waals surface area contributed by atoms with Crippen molar-refractivity contribution >= 4 is 53.4 Å². The first-order chi connectivity index (χ1) is 13.5. The molecule has 2 N–H and O–H groups in total. The number of amides is 2. The molecular weight excluding hydrogens is 507 g/mol. The molecule has 1 saturated heterocycles. The Balaban J connectivity index is 0.00000420. The molecule has 1 fully saturated rings. The van der Waals surface area contributed by atoms with Gasteiger partial charge in [-0.05, 0) is 31.9 Å². The van der Waals surface area contributed by atoms with Crippen LogP contribution in [-0.4, -0.2) is 55.0 Å². The minimum atomic E-state index is -0.111. The fourth-order valence-electron chi connectivity index (χ4n) is 2.84. The fourth-order valence-corrected chi connectivity index (χ4v) is 3.02. The molecule has 2 rings (SSSR count). The van der Waals surface area contributed by atoms with E-state index < -0.39 is 0 Å². The largest absolute Gasteiger partial charge is 0.487 e. The third-order valence-corrected chi connectivity index (χ3v) is 4.71. The first-order valence-electron chi connectivity index (χ1n) is 9.81. The number of hydrogen-bond donors (Lipinski definition) is 2. The quantitative estimate of drug-likeness (QED) is 0.219. The van der Waals surface area contributed by atoms with E-state index in [0.29, 0.717) is 62.2 Å². The highest BCUT2D eigenvalue weighted by atomic mass is 127. The van der Waals surface area contributed by atoms with E-state index in [-0.39, 0.29) is 41.9 Å². The number of benzene rings is 1. The van der Waals surface area contributed by atoms with Gasteiger partial charge in [0, 0.05) is 32.5 Å². The lowest BCUT2D eigenvalue weighted by atomic mass is 10.1. The number of ether oxygens (including phenoxy) is 1. The summed E-state index contributed by atoms with van der Waals surface area (Å²) in [7, 11) is 0. The van der Waals surface area contributed by atoms with Crippen molar-refractivity contribution in [3.05, 3.63) is 29.3 Å². The monoisotopic (exact) mass is 536 g/mol. The van der Waals surface area contributed by atoms with Crippen LogP contribution in [-0.2, 0) is 9.59 Å². The van der Waals surface area contributed by atoms with Crippen molar-refractivity contribution < 1.29 is 14.3 Å². The maximum absolute atomic E-state index is 11.9. The number of nitrogens with zero attached hydrogens (tertiary/aromatic N) is 2. The predicted octanol–water partition coefficient (Wildman–Crippen LogP) is 3.21. The first-order valence-corrected chi connectivity index (χ1v) is 10.2. The van der Waals surface area contributed by atoms with Gasteiger partial charge in [0.1, 0.15) is 11.9 Å². The average Bonchev–Trinajstić information content (AvgIpc) is 2.68. The second-order valence-corrected chi connectivity index (χ2v) is 6.92. The van der Waals surface area contributed by atoms with Gasteiger partial charge in [0.2, 0.25) is 11.8 Å². The minimum Gasteiger partial charge on any atom is -0.487 e. The molecule has 0 radical (unpaired) electrons. The molecule has 1 aromatic rings. The molecule has 29 heavy (non-hydrogen) atoms. The molecule has 1 atom stereocenters. The third kappa shape index (κ3) is 8.38. The van der Waals surface area contributed by atoms with E-state index >= 15 is 0 Å². The van der Waals surface area contributed by atoms with Crippen molar-refractivity contribution in [2.45, 2.75) is 45.6 Å². The summed E-state index contributed by atoms with van der Waals surface area (Å²) in [5, 5.41) is 6.92. The van der Waals surface area contributed by atoms with E-state index in [1.807, 2.05) is 32.0 Å². The SMILES string of the molecule is CCNC(=NCC(CC)Oc1ccccc1Cl)NCCN1C(=O)CCCC1=O.I. The Morgan fingerprint density at radius 2 is 1.90 bits per heavy atom. The van der Waals surface area contributed by atoms with Crippen LogP contribution >= 0.6 is 35.6 Å².